The number of amides is 1. The Labute approximate surface area is 134 Å². The molecule has 0 spiro atoms. The molecule has 0 radical (unpaired) electrons. The molecule has 1 aromatic carbocycles. The molecule has 1 amide bonds. The van der Waals surface area contributed by atoms with Crippen LogP contribution in [0.1, 0.15) is 46.1 Å². The van der Waals surface area contributed by atoms with Gasteiger partial charge in [0.2, 0.25) is 5.91 Å². The predicted octanol–water partition coefficient (Wildman–Crippen LogP) is 2.96. The topological polar surface area (TPSA) is 61.4 Å². The normalized spacial score (nSPS) is 13.7. The van der Waals surface area contributed by atoms with E-state index in [4.69, 9.17) is 5.11 Å². The highest BCUT2D eigenvalue weighted by molar-refractivity contribution is 5.79. The number of rotatable bonds is 9. The van der Waals surface area contributed by atoms with Crippen LogP contribution in [0.2, 0.25) is 0 Å². The summed E-state index contributed by atoms with van der Waals surface area (Å²) in [4.78, 5) is 11.9. The first-order chi connectivity index (χ1) is 10.5. The smallest absolute Gasteiger partial charge is 0.224 e. The second-order valence-corrected chi connectivity index (χ2v) is 6.13. The molecule has 0 aliphatic carbocycles. The molecule has 1 aromatic rings. The van der Waals surface area contributed by atoms with Crippen LogP contribution in [0, 0.1) is 5.92 Å². The number of aliphatic hydroxyl groups excluding tert-OH is 1. The number of benzene rings is 1. The minimum Gasteiger partial charge on any atom is -0.394 e. The number of hydrogen-bond donors (Lipinski definition) is 3. The van der Waals surface area contributed by atoms with Gasteiger partial charge in [-0.1, -0.05) is 39.8 Å². The van der Waals surface area contributed by atoms with Crippen molar-refractivity contribution in [3.8, 4) is 0 Å². The van der Waals surface area contributed by atoms with Crippen molar-refractivity contribution in [2.24, 2.45) is 5.92 Å². The number of aliphatic hydroxyl groups is 1. The van der Waals surface area contributed by atoms with Crippen molar-refractivity contribution in [2.75, 3.05) is 11.9 Å². The Morgan fingerprint density at radius 2 is 1.77 bits per heavy atom. The van der Waals surface area contributed by atoms with Crippen molar-refractivity contribution in [1.82, 2.24) is 5.32 Å². The first kappa shape index (κ1) is 18.5. The molecule has 0 heterocycles. The van der Waals surface area contributed by atoms with Crippen LogP contribution in [-0.4, -0.2) is 29.7 Å². The lowest BCUT2D eigenvalue weighted by molar-refractivity contribution is -0.121. The summed E-state index contributed by atoms with van der Waals surface area (Å²) in [5.74, 6) is 0.537. The van der Waals surface area contributed by atoms with E-state index in [1.165, 1.54) is 0 Å². The number of hydrogen-bond acceptors (Lipinski definition) is 3. The zero-order valence-corrected chi connectivity index (χ0v) is 14.2. The van der Waals surface area contributed by atoms with Crippen LogP contribution in [0.3, 0.4) is 0 Å². The molecule has 22 heavy (non-hydrogen) atoms. The van der Waals surface area contributed by atoms with E-state index in [1.54, 1.807) is 0 Å². The Morgan fingerprint density at radius 1 is 1.14 bits per heavy atom. The maximum absolute atomic E-state index is 11.9. The highest BCUT2D eigenvalue weighted by atomic mass is 16.3. The van der Waals surface area contributed by atoms with Gasteiger partial charge in [-0.05, 0) is 36.5 Å². The van der Waals surface area contributed by atoms with Crippen molar-refractivity contribution in [3.05, 3.63) is 29.8 Å². The summed E-state index contributed by atoms with van der Waals surface area (Å²) in [6.07, 6.45) is 2.16. The molecule has 124 valence electrons. The lowest BCUT2D eigenvalue weighted by atomic mass is 10.0. The largest absolute Gasteiger partial charge is 0.394 e. The summed E-state index contributed by atoms with van der Waals surface area (Å²) in [6, 6.07) is 8.33. The molecule has 0 bridgehead atoms. The van der Waals surface area contributed by atoms with Crippen LogP contribution >= 0.6 is 0 Å². The van der Waals surface area contributed by atoms with E-state index in [0.717, 1.165) is 24.1 Å². The molecule has 1 rings (SSSR count). The summed E-state index contributed by atoms with van der Waals surface area (Å²) in [5.41, 5.74) is 2.07. The van der Waals surface area contributed by atoms with Crippen molar-refractivity contribution in [1.29, 1.82) is 0 Å². The Kier molecular flexibility index (Phi) is 7.96. The van der Waals surface area contributed by atoms with E-state index < -0.39 is 0 Å². The van der Waals surface area contributed by atoms with Gasteiger partial charge in [-0.15, -0.1) is 0 Å². The Morgan fingerprint density at radius 3 is 2.23 bits per heavy atom. The highest BCUT2D eigenvalue weighted by Gasteiger charge is 2.12. The second kappa shape index (κ2) is 9.46. The van der Waals surface area contributed by atoms with E-state index >= 15 is 0 Å². The van der Waals surface area contributed by atoms with Crippen molar-refractivity contribution >= 4 is 11.6 Å². The lowest BCUT2D eigenvalue weighted by Crippen LogP contribution is -2.37. The Bertz CT molecular complexity index is 439. The number of nitrogens with one attached hydrogen (secondary N) is 2. The van der Waals surface area contributed by atoms with Crippen LogP contribution in [0.25, 0.3) is 0 Å². The van der Waals surface area contributed by atoms with Crippen LogP contribution in [0.15, 0.2) is 24.3 Å². The Hall–Kier alpha value is -1.55. The minimum atomic E-state index is -0.148. The molecule has 4 heteroatoms. The van der Waals surface area contributed by atoms with E-state index in [-0.39, 0.29) is 18.6 Å². The van der Waals surface area contributed by atoms with Gasteiger partial charge in [0.25, 0.3) is 0 Å². The van der Waals surface area contributed by atoms with Crippen molar-refractivity contribution < 1.29 is 9.90 Å². The van der Waals surface area contributed by atoms with Gasteiger partial charge in [0.05, 0.1) is 19.1 Å². The van der Waals surface area contributed by atoms with E-state index in [0.29, 0.717) is 18.4 Å². The number of carbonyl (C=O) groups excluding carboxylic acids is 1. The molecule has 4 nitrogen and oxygen atoms in total. The molecule has 0 saturated carbocycles. The number of carbonyl (C=O) groups is 1. The van der Waals surface area contributed by atoms with Gasteiger partial charge in [-0.2, -0.15) is 0 Å². The van der Waals surface area contributed by atoms with Crippen LogP contribution in [0.5, 0.6) is 0 Å². The summed E-state index contributed by atoms with van der Waals surface area (Å²) in [6.45, 7) is 8.54. The quantitative estimate of drug-likeness (QED) is 0.657. The number of anilines is 1. The van der Waals surface area contributed by atoms with Crippen LogP contribution in [-0.2, 0) is 11.2 Å². The summed E-state index contributed by atoms with van der Waals surface area (Å²) < 4.78 is 0. The summed E-state index contributed by atoms with van der Waals surface area (Å²) >= 11 is 0. The summed E-state index contributed by atoms with van der Waals surface area (Å²) in [7, 11) is 0. The van der Waals surface area contributed by atoms with Gasteiger partial charge in [-0.25, -0.2) is 0 Å². The molecule has 3 N–H and O–H groups in total. The fraction of sp³-hybridized carbons (Fsp3) is 0.611. The molecular formula is C18H30N2O2. The SMILES string of the molecule is CCC(CO)NC(=O)Cc1ccc(NC(CC)C(C)C)cc1. The fourth-order valence-corrected chi connectivity index (χ4v) is 2.41. The van der Waals surface area contributed by atoms with Gasteiger partial charge >= 0.3 is 0 Å². The average Bonchev–Trinajstić information content (AvgIpc) is 2.51. The molecule has 0 aliphatic heterocycles. The summed E-state index contributed by atoms with van der Waals surface area (Å²) in [5, 5.41) is 15.5. The maximum atomic E-state index is 11.9. The zero-order chi connectivity index (χ0) is 16.5. The third-order valence-electron chi connectivity index (χ3n) is 3.99. The van der Waals surface area contributed by atoms with Crippen molar-refractivity contribution in [2.45, 2.75) is 59.0 Å². The highest BCUT2D eigenvalue weighted by Crippen LogP contribution is 2.16. The standard InChI is InChI=1S/C18H30N2O2/c1-5-15(12-21)20-18(22)11-14-7-9-16(10-8-14)19-17(6-2)13(3)4/h7-10,13,15,17,19,21H,5-6,11-12H2,1-4H3,(H,20,22). The minimum absolute atomic E-state index is 0.0152. The molecule has 2 unspecified atom stereocenters. The zero-order valence-electron chi connectivity index (χ0n) is 14.2. The van der Waals surface area contributed by atoms with E-state index in [9.17, 15) is 4.79 Å². The van der Waals surface area contributed by atoms with Crippen LogP contribution < -0.4 is 10.6 Å². The Balaban J connectivity index is 2.56. The molecule has 0 fully saturated rings. The van der Waals surface area contributed by atoms with E-state index in [2.05, 4.69) is 31.4 Å². The van der Waals surface area contributed by atoms with E-state index in [1.807, 2.05) is 31.2 Å². The van der Waals surface area contributed by atoms with Gasteiger partial charge in [0.15, 0.2) is 0 Å². The first-order valence-corrected chi connectivity index (χ1v) is 8.25. The monoisotopic (exact) mass is 306 g/mol. The molecule has 0 aliphatic rings. The van der Waals surface area contributed by atoms with Crippen LogP contribution in [0.4, 0.5) is 5.69 Å². The average molecular weight is 306 g/mol. The molecule has 0 aromatic heterocycles. The molecule has 2 atom stereocenters. The maximum Gasteiger partial charge on any atom is 0.224 e. The molecular weight excluding hydrogens is 276 g/mol. The van der Waals surface area contributed by atoms with Gasteiger partial charge in [-0.3, -0.25) is 4.79 Å². The van der Waals surface area contributed by atoms with Gasteiger partial charge in [0, 0.05) is 11.7 Å². The predicted molar refractivity (Wildman–Crippen MR) is 92.0 cm³/mol. The second-order valence-electron chi connectivity index (χ2n) is 6.13. The first-order valence-electron chi connectivity index (χ1n) is 8.25. The third kappa shape index (κ3) is 6.06. The fourth-order valence-electron chi connectivity index (χ4n) is 2.41. The van der Waals surface area contributed by atoms with Crippen molar-refractivity contribution in [3.63, 3.8) is 0 Å². The lowest BCUT2D eigenvalue weighted by Gasteiger charge is -2.22. The third-order valence-corrected chi connectivity index (χ3v) is 3.99. The van der Waals surface area contributed by atoms with Gasteiger partial charge < -0.3 is 15.7 Å². The molecule has 0 saturated heterocycles. The van der Waals surface area contributed by atoms with Gasteiger partial charge in [0.1, 0.15) is 0 Å².